The number of carbonyl (C=O) groups excluding carboxylic acids is 1. The molecule has 2 heterocycles. The van der Waals surface area contributed by atoms with Gasteiger partial charge in [-0.1, -0.05) is 34.7 Å². The molecule has 0 fully saturated rings. The first-order chi connectivity index (χ1) is 9.06. The Bertz CT molecular complexity index is 590. The van der Waals surface area contributed by atoms with E-state index in [0.29, 0.717) is 5.69 Å². The van der Waals surface area contributed by atoms with Crippen LogP contribution in [-0.4, -0.2) is 26.3 Å². The fourth-order valence-corrected chi connectivity index (χ4v) is 3.37. The van der Waals surface area contributed by atoms with E-state index in [-0.39, 0.29) is 16.3 Å². The van der Waals surface area contributed by atoms with E-state index in [1.165, 1.54) is 23.1 Å². The Morgan fingerprint density at radius 2 is 2.32 bits per heavy atom. The minimum Gasteiger partial charge on any atom is -0.322 e. The van der Waals surface area contributed by atoms with Gasteiger partial charge in [0.25, 0.3) is 0 Å². The summed E-state index contributed by atoms with van der Waals surface area (Å²) < 4.78 is 0.775. The number of rotatable bonds is 4. The van der Waals surface area contributed by atoms with Crippen molar-refractivity contribution in [3.63, 3.8) is 0 Å². The molecule has 1 atom stereocenters. The first-order valence-corrected chi connectivity index (χ1v) is 7.52. The maximum Gasteiger partial charge on any atom is 0.237 e. The van der Waals surface area contributed by atoms with Crippen molar-refractivity contribution >= 4 is 46.3 Å². The van der Waals surface area contributed by atoms with Crippen LogP contribution in [0.1, 0.15) is 11.9 Å². The molecule has 0 saturated heterocycles. The van der Waals surface area contributed by atoms with Crippen molar-refractivity contribution in [2.24, 2.45) is 0 Å². The Morgan fingerprint density at radius 1 is 1.53 bits per heavy atom. The van der Waals surface area contributed by atoms with Gasteiger partial charge in [-0.15, -0.1) is 10.2 Å². The average Bonchev–Trinajstić information content (AvgIpc) is 2.77. The van der Waals surface area contributed by atoms with Gasteiger partial charge in [0.2, 0.25) is 5.91 Å². The van der Waals surface area contributed by atoms with Gasteiger partial charge in [0.15, 0.2) is 9.49 Å². The monoisotopic (exact) mass is 314 g/mol. The normalized spacial score (nSPS) is 12.2. The molecule has 0 spiro atoms. The highest BCUT2D eigenvalue weighted by atomic mass is 35.5. The fraction of sp³-hybridized carbons (Fsp3) is 0.273. The Hall–Kier alpha value is -1.18. The van der Waals surface area contributed by atoms with Gasteiger partial charge in [-0.3, -0.25) is 4.79 Å². The van der Waals surface area contributed by atoms with E-state index in [2.05, 4.69) is 20.5 Å². The summed E-state index contributed by atoms with van der Waals surface area (Å²) in [6.07, 6.45) is 1.57. The molecular formula is C11H11ClN4OS2. The number of aryl methyl sites for hydroxylation is 1. The van der Waals surface area contributed by atoms with Crippen LogP contribution in [0.5, 0.6) is 0 Å². The van der Waals surface area contributed by atoms with Crippen molar-refractivity contribution in [3.05, 3.63) is 28.5 Å². The van der Waals surface area contributed by atoms with Gasteiger partial charge >= 0.3 is 0 Å². The summed E-state index contributed by atoms with van der Waals surface area (Å²) in [5.41, 5.74) is 0.509. The molecule has 1 N–H and O–H groups in total. The number of thioether (sulfide) groups is 1. The third-order valence-electron chi connectivity index (χ3n) is 2.17. The van der Waals surface area contributed by atoms with Gasteiger partial charge < -0.3 is 5.32 Å². The van der Waals surface area contributed by atoms with Crippen molar-refractivity contribution in [2.75, 3.05) is 5.32 Å². The predicted molar refractivity (Wildman–Crippen MR) is 77.8 cm³/mol. The minimum absolute atomic E-state index is 0.146. The van der Waals surface area contributed by atoms with Gasteiger partial charge in [0, 0.05) is 6.20 Å². The molecule has 0 saturated carbocycles. The van der Waals surface area contributed by atoms with E-state index < -0.39 is 0 Å². The molecular weight excluding hydrogens is 304 g/mol. The van der Waals surface area contributed by atoms with Crippen LogP contribution >= 0.6 is 34.7 Å². The van der Waals surface area contributed by atoms with Gasteiger partial charge in [0.05, 0.1) is 10.9 Å². The molecule has 19 heavy (non-hydrogen) atoms. The summed E-state index contributed by atoms with van der Waals surface area (Å²) in [5, 5.41) is 11.5. The molecule has 0 aliphatic carbocycles. The predicted octanol–water partition coefficient (Wildman–Crippen LogP) is 3.01. The van der Waals surface area contributed by atoms with E-state index in [9.17, 15) is 4.79 Å². The van der Waals surface area contributed by atoms with E-state index in [1.807, 2.05) is 6.92 Å². The molecule has 1 amide bonds. The topological polar surface area (TPSA) is 67.8 Å². The quantitative estimate of drug-likeness (QED) is 0.694. The first-order valence-electron chi connectivity index (χ1n) is 5.44. The molecule has 2 aromatic rings. The third kappa shape index (κ3) is 3.89. The molecule has 100 valence electrons. The summed E-state index contributed by atoms with van der Waals surface area (Å²) >= 11 is 8.72. The van der Waals surface area contributed by atoms with Gasteiger partial charge in [-0.2, -0.15) is 0 Å². The second kappa shape index (κ2) is 6.31. The molecule has 1 unspecified atom stereocenters. The SMILES string of the molecule is Cc1nnc(SC(C)C(=O)Nc2cccnc2Cl)s1. The zero-order valence-corrected chi connectivity index (χ0v) is 12.6. The zero-order valence-electron chi connectivity index (χ0n) is 10.3. The molecule has 5 nitrogen and oxygen atoms in total. The summed E-state index contributed by atoms with van der Waals surface area (Å²) in [4.78, 5) is 15.9. The lowest BCUT2D eigenvalue weighted by molar-refractivity contribution is -0.115. The fourth-order valence-electron chi connectivity index (χ4n) is 1.24. The Balaban J connectivity index is 1.98. The van der Waals surface area contributed by atoms with Crippen molar-refractivity contribution in [1.29, 1.82) is 0 Å². The number of nitrogens with zero attached hydrogens (tertiary/aromatic N) is 3. The third-order valence-corrected chi connectivity index (χ3v) is 4.50. The molecule has 0 aromatic carbocycles. The summed E-state index contributed by atoms with van der Waals surface area (Å²) in [6.45, 7) is 3.68. The van der Waals surface area contributed by atoms with Crippen LogP contribution in [0.15, 0.2) is 22.7 Å². The summed E-state index contributed by atoms with van der Waals surface area (Å²) in [5.74, 6) is -0.146. The van der Waals surface area contributed by atoms with Crippen molar-refractivity contribution < 1.29 is 4.79 Å². The number of anilines is 1. The van der Waals surface area contributed by atoms with Crippen LogP contribution in [0, 0.1) is 6.92 Å². The molecule has 0 aliphatic heterocycles. The highest BCUT2D eigenvalue weighted by molar-refractivity contribution is 8.02. The van der Waals surface area contributed by atoms with Crippen LogP contribution in [0.4, 0.5) is 5.69 Å². The molecule has 8 heteroatoms. The van der Waals surface area contributed by atoms with Gasteiger partial charge in [0.1, 0.15) is 5.01 Å². The number of pyridine rings is 1. The number of carbonyl (C=O) groups is 1. The Morgan fingerprint density at radius 3 is 2.95 bits per heavy atom. The van der Waals surface area contributed by atoms with E-state index >= 15 is 0 Å². The zero-order chi connectivity index (χ0) is 13.8. The number of halogens is 1. The van der Waals surface area contributed by atoms with Crippen molar-refractivity contribution in [2.45, 2.75) is 23.4 Å². The van der Waals surface area contributed by atoms with E-state index in [4.69, 9.17) is 11.6 Å². The van der Waals surface area contributed by atoms with Crippen LogP contribution in [0.25, 0.3) is 0 Å². The van der Waals surface area contributed by atoms with E-state index in [0.717, 1.165) is 9.35 Å². The number of hydrogen-bond acceptors (Lipinski definition) is 6. The maximum atomic E-state index is 12.0. The number of aromatic nitrogens is 3. The number of hydrogen-bond donors (Lipinski definition) is 1. The lowest BCUT2D eigenvalue weighted by Crippen LogP contribution is -2.22. The molecule has 0 radical (unpaired) electrons. The first kappa shape index (κ1) is 14.2. The van der Waals surface area contributed by atoms with Crippen LogP contribution in [0.2, 0.25) is 5.15 Å². The standard InChI is InChI=1S/C11H11ClN4OS2/c1-6(18-11-16-15-7(2)19-11)10(17)14-8-4-3-5-13-9(8)12/h3-6H,1-2H3,(H,14,17). The Labute approximate surface area is 123 Å². The largest absolute Gasteiger partial charge is 0.322 e. The lowest BCUT2D eigenvalue weighted by Gasteiger charge is -2.10. The summed E-state index contributed by atoms with van der Waals surface area (Å²) in [6, 6.07) is 3.42. The van der Waals surface area contributed by atoms with Crippen LogP contribution < -0.4 is 5.32 Å². The number of amides is 1. The second-order valence-corrected chi connectivity index (χ2v) is 6.81. The molecule has 2 rings (SSSR count). The highest BCUT2D eigenvalue weighted by Crippen LogP contribution is 2.27. The minimum atomic E-state index is -0.288. The van der Waals surface area contributed by atoms with Crippen molar-refractivity contribution in [3.8, 4) is 0 Å². The number of nitrogens with one attached hydrogen (secondary N) is 1. The van der Waals surface area contributed by atoms with E-state index in [1.54, 1.807) is 25.3 Å². The summed E-state index contributed by atoms with van der Waals surface area (Å²) in [7, 11) is 0. The molecule has 2 aromatic heterocycles. The van der Waals surface area contributed by atoms with Gasteiger partial charge in [-0.05, 0) is 26.0 Å². The lowest BCUT2D eigenvalue weighted by atomic mass is 10.4. The van der Waals surface area contributed by atoms with Crippen LogP contribution in [-0.2, 0) is 4.79 Å². The smallest absolute Gasteiger partial charge is 0.237 e. The van der Waals surface area contributed by atoms with Gasteiger partial charge in [-0.25, -0.2) is 4.98 Å². The maximum absolute atomic E-state index is 12.0. The molecule has 0 bridgehead atoms. The van der Waals surface area contributed by atoms with Crippen LogP contribution in [0.3, 0.4) is 0 Å². The average molecular weight is 315 g/mol. The highest BCUT2D eigenvalue weighted by Gasteiger charge is 2.17. The molecule has 0 aliphatic rings. The van der Waals surface area contributed by atoms with Crippen molar-refractivity contribution in [1.82, 2.24) is 15.2 Å². The second-order valence-electron chi connectivity index (χ2n) is 3.68. The Kier molecular flexibility index (Phi) is 4.73.